The smallest absolute Gasteiger partial charge is 0.236 e. The number of anilines is 1. The van der Waals surface area contributed by atoms with Crippen molar-refractivity contribution < 1.29 is 4.79 Å². The summed E-state index contributed by atoms with van der Waals surface area (Å²) in [6.45, 7) is 2.94. The molecule has 9 heteroatoms. The molecule has 0 radical (unpaired) electrons. The molecule has 5 aromatic rings. The Labute approximate surface area is 228 Å². The number of hydrogen-bond donors (Lipinski definition) is 1. The molecule has 3 aromatic heterocycles. The first-order valence-electron chi connectivity index (χ1n) is 13.5. The van der Waals surface area contributed by atoms with Crippen molar-refractivity contribution in [1.82, 2.24) is 34.2 Å². The summed E-state index contributed by atoms with van der Waals surface area (Å²) >= 11 is 0. The number of benzene rings is 2. The van der Waals surface area contributed by atoms with Crippen LogP contribution in [0.2, 0.25) is 0 Å². The van der Waals surface area contributed by atoms with Gasteiger partial charge in [0.15, 0.2) is 5.82 Å². The van der Waals surface area contributed by atoms with Gasteiger partial charge in [-0.25, -0.2) is 9.50 Å². The number of likely N-dealkylation sites (N-methyl/N-ethyl adjacent to an activating group) is 1. The highest BCUT2D eigenvalue weighted by molar-refractivity contribution is 5.93. The van der Waals surface area contributed by atoms with E-state index < -0.39 is 0 Å². The van der Waals surface area contributed by atoms with E-state index in [0.29, 0.717) is 6.54 Å². The zero-order valence-electron chi connectivity index (χ0n) is 22.7. The fraction of sp³-hybridized carbons (Fsp3) is 0.333. The predicted molar refractivity (Wildman–Crippen MR) is 154 cm³/mol. The van der Waals surface area contributed by atoms with E-state index in [-0.39, 0.29) is 11.8 Å². The lowest BCUT2D eigenvalue weighted by molar-refractivity contribution is -0.130. The highest BCUT2D eigenvalue weighted by Crippen LogP contribution is 2.37. The molecular formula is C30H34N8O. The Morgan fingerprint density at radius 2 is 1.97 bits per heavy atom. The standard InChI is InChI=1S/C30H34N8O/c1-31-30-29-25(22-11-12-23-18-37(34-26(23)14-22)16-21-8-5-4-6-9-21)15-27(38(29)33-20-32-30)24-10-7-13-36(17-24)19-28(39)35(2)3/h4-6,8-9,11-12,14-15,18,20,24H,7,10,13,16-17,19H2,1-3H3,(H,31,32,33). The number of nitrogens with one attached hydrogen (secondary N) is 1. The summed E-state index contributed by atoms with van der Waals surface area (Å²) < 4.78 is 4.04. The van der Waals surface area contributed by atoms with Gasteiger partial charge in [0.25, 0.3) is 0 Å². The summed E-state index contributed by atoms with van der Waals surface area (Å²) in [5.74, 6) is 1.19. The average molecular weight is 523 g/mol. The Bertz CT molecular complexity index is 1620. The van der Waals surface area contributed by atoms with Crippen LogP contribution in [0.25, 0.3) is 27.5 Å². The molecule has 9 nitrogen and oxygen atoms in total. The lowest BCUT2D eigenvalue weighted by Crippen LogP contribution is -2.41. The lowest BCUT2D eigenvalue weighted by Gasteiger charge is -2.32. The number of rotatable bonds is 7. The topological polar surface area (TPSA) is 83.6 Å². The van der Waals surface area contributed by atoms with Gasteiger partial charge in [0.1, 0.15) is 11.8 Å². The summed E-state index contributed by atoms with van der Waals surface area (Å²) in [7, 11) is 5.52. The van der Waals surface area contributed by atoms with Crippen LogP contribution in [0.4, 0.5) is 5.82 Å². The minimum Gasteiger partial charge on any atom is -0.371 e. The fourth-order valence-electron chi connectivity index (χ4n) is 5.62. The van der Waals surface area contributed by atoms with Gasteiger partial charge in [0.05, 0.1) is 18.6 Å². The van der Waals surface area contributed by atoms with E-state index in [1.54, 1.807) is 11.2 Å². The summed E-state index contributed by atoms with van der Waals surface area (Å²) in [4.78, 5) is 20.9. The normalized spacial score (nSPS) is 16.1. The Morgan fingerprint density at radius 1 is 1.13 bits per heavy atom. The highest BCUT2D eigenvalue weighted by atomic mass is 16.2. The Balaban J connectivity index is 1.37. The number of aromatic nitrogens is 5. The van der Waals surface area contributed by atoms with Gasteiger partial charge in [-0.15, -0.1) is 0 Å². The molecule has 2 aromatic carbocycles. The van der Waals surface area contributed by atoms with Crippen molar-refractivity contribution in [3.05, 3.63) is 78.4 Å². The first kappa shape index (κ1) is 25.1. The maximum absolute atomic E-state index is 12.4. The van der Waals surface area contributed by atoms with Crippen LogP contribution in [0.1, 0.15) is 30.0 Å². The van der Waals surface area contributed by atoms with Crippen LogP contribution in [-0.2, 0) is 11.3 Å². The van der Waals surface area contributed by atoms with Crippen molar-refractivity contribution in [2.45, 2.75) is 25.3 Å². The summed E-state index contributed by atoms with van der Waals surface area (Å²) in [6.07, 6.45) is 5.81. The third-order valence-electron chi connectivity index (χ3n) is 7.65. The van der Waals surface area contributed by atoms with Crippen LogP contribution in [0, 0.1) is 0 Å². The second-order valence-electron chi connectivity index (χ2n) is 10.6. The lowest BCUT2D eigenvalue weighted by atomic mass is 9.94. The SMILES string of the molecule is CNc1ncnn2c(C3CCCN(CC(=O)N(C)C)C3)cc(-c3ccc4cn(Cc5ccccc5)nc4c3)c12. The number of carbonyl (C=O) groups is 1. The average Bonchev–Trinajstić information content (AvgIpc) is 3.54. The Kier molecular flexibility index (Phi) is 6.74. The number of piperidine rings is 1. The molecule has 1 amide bonds. The van der Waals surface area contributed by atoms with Crippen molar-refractivity contribution in [3.8, 4) is 11.1 Å². The number of hydrogen-bond acceptors (Lipinski definition) is 6. The van der Waals surface area contributed by atoms with Gasteiger partial charge in [0, 0.05) is 56.4 Å². The maximum Gasteiger partial charge on any atom is 0.236 e. The van der Waals surface area contributed by atoms with Crippen LogP contribution >= 0.6 is 0 Å². The van der Waals surface area contributed by atoms with Crippen molar-refractivity contribution in [2.24, 2.45) is 0 Å². The largest absolute Gasteiger partial charge is 0.371 e. The van der Waals surface area contributed by atoms with Crippen molar-refractivity contribution in [1.29, 1.82) is 0 Å². The minimum atomic E-state index is 0.135. The molecule has 1 aliphatic heterocycles. The monoisotopic (exact) mass is 522 g/mol. The molecule has 200 valence electrons. The molecule has 0 bridgehead atoms. The number of nitrogens with zero attached hydrogens (tertiary/aromatic N) is 7. The van der Waals surface area contributed by atoms with Crippen molar-refractivity contribution >= 4 is 28.1 Å². The molecule has 0 saturated carbocycles. The van der Waals surface area contributed by atoms with Gasteiger partial charge in [-0.2, -0.15) is 10.2 Å². The molecule has 4 heterocycles. The van der Waals surface area contributed by atoms with Gasteiger partial charge in [-0.1, -0.05) is 42.5 Å². The predicted octanol–water partition coefficient (Wildman–Crippen LogP) is 4.10. The van der Waals surface area contributed by atoms with Gasteiger partial charge in [0.2, 0.25) is 5.91 Å². The first-order chi connectivity index (χ1) is 19.0. The molecule has 1 atom stereocenters. The summed E-state index contributed by atoms with van der Waals surface area (Å²) in [6, 6.07) is 19.1. The summed E-state index contributed by atoms with van der Waals surface area (Å²) in [5, 5.41) is 13.9. The van der Waals surface area contributed by atoms with E-state index in [4.69, 9.17) is 10.2 Å². The second-order valence-corrected chi connectivity index (χ2v) is 10.6. The number of amides is 1. The molecule has 1 unspecified atom stereocenters. The van der Waals surface area contributed by atoms with Crippen LogP contribution < -0.4 is 5.32 Å². The van der Waals surface area contributed by atoms with Crippen molar-refractivity contribution in [2.75, 3.05) is 46.1 Å². The van der Waals surface area contributed by atoms with Gasteiger partial charge in [-0.05, 0) is 42.6 Å². The van der Waals surface area contributed by atoms with E-state index in [2.05, 4.69) is 69.9 Å². The number of carbonyl (C=O) groups excluding carboxylic acids is 1. The third-order valence-corrected chi connectivity index (χ3v) is 7.65. The first-order valence-corrected chi connectivity index (χ1v) is 13.5. The third kappa shape index (κ3) is 4.97. The molecule has 0 spiro atoms. The number of likely N-dealkylation sites (tertiary alicyclic amines) is 1. The van der Waals surface area contributed by atoms with Gasteiger partial charge >= 0.3 is 0 Å². The fourth-order valence-corrected chi connectivity index (χ4v) is 5.62. The Morgan fingerprint density at radius 3 is 2.77 bits per heavy atom. The van der Waals surface area contributed by atoms with E-state index in [1.807, 2.05) is 36.4 Å². The van der Waals surface area contributed by atoms with Crippen molar-refractivity contribution in [3.63, 3.8) is 0 Å². The molecule has 1 N–H and O–H groups in total. The quantitative estimate of drug-likeness (QED) is 0.347. The molecule has 1 fully saturated rings. The van der Waals surface area contributed by atoms with Gasteiger partial charge in [-0.3, -0.25) is 14.4 Å². The van der Waals surface area contributed by atoms with Crippen LogP contribution in [0.3, 0.4) is 0 Å². The van der Waals surface area contributed by atoms with E-state index in [1.165, 1.54) is 5.56 Å². The van der Waals surface area contributed by atoms with Gasteiger partial charge < -0.3 is 10.2 Å². The molecule has 1 saturated heterocycles. The molecule has 1 aliphatic rings. The molecule has 39 heavy (non-hydrogen) atoms. The number of fused-ring (bicyclic) bond motifs is 2. The van der Waals surface area contributed by atoms with Crippen LogP contribution in [0.15, 0.2) is 67.1 Å². The second kappa shape index (κ2) is 10.5. The van der Waals surface area contributed by atoms with E-state index in [9.17, 15) is 4.79 Å². The maximum atomic E-state index is 12.4. The molecule has 6 rings (SSSR count). The Hall–Kier alpha value is -4.24. The molecular weight excluding hydrogens is 488 g/mol. The zero-order valence-corrected chi connectivity index (χ0v) is 22.7. The molecule has 0 aliphatic carbocycles. The summed E-state index contributed by atoms with van der Waals surface area (Å²) in [5.41, 5.74) is 6.44. The highest BCUT2D eigenvalue weighted by Gasteiger charge is 2.28. The minimum absolute atomic E-state index is 0.135. The van der Waals surface area contributed by atoms with E-state index >= 15 is 0 Å². The zero-order chi connectivity index (χ0) is 26.9. The van der Waals surface area contributed by atoms with E-state index in [0.717, 1.165) is 71.5 Å². The van der Waals surface area contributed by atoms with Crippen LogP contribution in [-0.4, -0.2) is 80.9 Å². The van der Waals surface area contributed by atoms with Crippen LogP contribution in [0.5, 0.6) is 0 Å².